The molecule has 0 N–H and O–H groups in total. The molecule has 3 rings (SSSR count). The van der Waals surface area contributed by atoms with Crippen LogP contribution < -0.4 is 0 Å². The second kappa shape index (κ2) is 12.3. The second-order valence-corrected chi connectivity index (χ2v) is 18.6. The third-order valence-electron chi connectivity index (χ3n) is 9.51. The number of esters is 1. The first-order valence-corrected chi connectivity index (χ1v) is 17.8. The molecule has 36 heavy (non-hydrogen) atoms. The summed E-state index contributed by atoms with van der Waals surface area (Å²) in [5.74, 6) is 0.154. The minimum Gasteiger partial charge on any atom is -0.465 e. The van der Waals surface area contributed by atoms with E-state index in [9.17, 15) is 9.18 Å². The molecule has 0 spiro atoms. The summed E-state index contributed by atoms with van der Waals surface area (Å²) in [5, 5.41) is 0.189. The van der Waals surface area contributed by atoms with Crippen molar-refractivity contribution >= 4 is 25.6 Å². The van der Waals surface area contributed by atoms with Crippen LogP contribution in [0.5, 0.6) is 0 Å². The lowest BCUT2D eigenvalue weighted by Gasteiger charge is -2.51. The SMILES string of the molecule is CCC1(C(C/C=C/[C@@H]2[C@@H](CCCc3ccc(C(=O)OC)s3)CC[C@H]2F)O[Si](C)(C)C(C)(C)C)CCC1. The lowest BCUT2D eigenvalue weighted by Crippen LogP contribution is -2.51. The van der Waals surface area contributed by atoms with Crippen molar-refractivity contribution in [1.29, 1.82) is 0 Å². The molecule has 0 bridgehead atoms. The van der Waals surface area contributed by atoms with Crippen molar-refractivity contribution in [3.63, 3.8) is 0 Å². The molecule has 0 saturated heterocycles. The molecule has 2 saturated carbocycles. The van der Waals surface area contributed by atoms with Crippen LogP contribution in [0.1, 0.15) is 100 Å². The largest absolute Gasteiger partial charge is 0.465 e. The fourth-order valence-electron chi connectivity index (χ4n) is 5.78. The molecular weight excluding hydrogens is 487 g/mol. The van der Waals surface area contributed by atoms with Gasteiger partial charge in [-0.3, -0.25) is 0 Å². The standard InChI is InChI=1S/C30H49FO3SSi/c1-8-30(20-11-21-30)27(34-36(6,7)29(2,3)4)15-10-14-24-22(16-18-25(24)31)12-9-13-23-17-19-26(35-23)28(32)33-5/h10,14,17,19,22,24-25,27H,8-9,11-13,15-16,18,20-21H2,1-7H3/b14-10+/t22-,24+,25+,27?/m0/s1. The molecule has 6 heteroatoms. The Kier molecular flexibility index (Phi) is 10.1. The van der Waals surface area contributed by atoms with E-state index in [4.69, 9.17) is 9.16 Å². The Labute approximate surface area is 224 Å². The summed E-state index contributed by atoms with van der Waals surface area (Å²) in [4.78, 5) is 13.6. The maximum absolute atomic E-state index is 14.9. The first kappa shape index (κ1) is 29.6. The monoisotopic (exact) mass is 536 g/mol. The zero-order chi connectivity index (χ0) is 26.6. The van der Waals surface area contributed by atoms with Gasteiger partial charge in [-0.2, -0.15) is 0 Å². The van der Waals surface area contributed by atoms with Crippen molar-refractivity contribution in [2.24, 2.45) is 17.3 Å². The van der Waals surface area contributed by atoms with Gasteiger partial charge in [-0.25, -0.2) is 9.18 Å². The topological polar surface area (TPSA) is 35.5 Å². The van der Waals surface area contributed by atoms with Crippen molar-refractivity contribution in [2.75, 3.05) is 7.11 Å². The lowest BCUT2D eigenvalue weighted by atomic mass is 9.63. The Bertz CT molecular complexity index is 877. The predicted molar refractivity (Wildman–Crippen MR) is 152 cm³/mol. The normalized spacial score (nSPS) is 25.2. The van der Waals surface area contributed by atoms with Gasteiger partial charge in [-0.15, -0.1) is 11.3 Å². The van der Waals surface area contributed by atoms with Crippen LogP contribution in [0.25, 0.3) is 0 Å². The molecule has 1 heterocycles. The van der Waals surface area contributed by atoms with E-state index < -0.39 is 14.5 Å². The Morgan fingerprint density at radius 3 is 2.58 bits per heavy atom. The molecule has 4 atom stereocenters. The van der Waals surface area contributed by atoms with E-state index in [0.717, 1.165) is 32.1 Å². The van der Waals surface area contributed by atoms with E-state index in [1.165, 1.54) is 49.0 Å². The summed E-state index contributed by atoms with van der Waals surface area (Å²) in [6.45, 7) is 14.0. The maximum atomic E-state index is 14.9. The van der Waals surface area contributed by atoms with Crippen LogP contribution >= 0.6 is 11.3 Å². The summed E-state index contributed by atoms with van der Waals surface area (Å²) >= 11 is 1.51. The molecule has 0 aliphatic heterocycles. The Morgan fingerprint density at radius 2 is 2.00 bits per heavy atom. The van der Waals surface area contributed by atoms with Gasteiger partial charge in [0, 0.05) is 10.8 Å². The molecule has 2 aliphatic rings. The first-order valence-electron chi connectivity index (χ1n) is 14.1. The molecule has 1 unspecified atom stereocenters. The number of ether oxygens (including phenoxy) is 1. The molecule has 204 valence electrons. The van der Waals surface area contributed by atoms with E-state index >= 15 is 0 Å². The van der Waals surface area contributed by atoms with Crippen LogP contribution in [-0.2, 0) is 15.6 Å². The Morgan fingerprint density at radius 1 is 1.28 bits per heavy atom. The van der Waals surface area contributed by atoms with Crippen LogP contribution in [0.15, 0.2) is 24.3 Å². The van der Waals surface area contributed by atoms with Gasteiger partial charge in [0.05, 0.1) is 13.2 Å². The fraction of sp³-hybridized carbons (Fsp3) is 0.767. The van der Waals surface area contributed by atoms with Crippen LogP contribution in [0, 0.1) is 17.3 Å². The number of alkyl halides is 1. The van der Waals surface area contributed by atoms with Gasteiger partial charge in [-0.1, -0.05) is 46.3 Å². The number of carbonyl (C=O) groups is 1. The first-order chi connectivity index (χ1) is 16.9. The number of hydrogen-bond acceptors (Lipinski definition) is 4. The number of rotatable bonds is 12. The lowest BCUT2D eigenvalue weighted by molar-refractivity contribution is -0.0272. The summed E-state index contributed by atoms with van der Waals surface area (Å²) in [7, 11) is -0.463. The number of aryl methyl sites for hydroxylation is 1. The van der Waals surface area contributed by atoms with E-state index in [2.05, 4.69) is 52.9 Å². The van der Waals surface area contributed by atoms with Gasteiger partial charge in [-0.05, 0) is 99.4 Å². The average molecular weight is 537 g/mol. The van der Waals surface area contributed by atoms with Crippen LogP contribution in [0.3, 0.4) is 0 Å². The molecule has 2 aliphatic carbocycles. The Balaban J connectivity index is 1.59. The zero-order valence-corrected chi connectivity index (χ0v) is 25.5. The van der Waals surface area contributed by atoms with Gasteiger partial charge in [0.2, 0.25) is 0 Å². The fourth-order valence-corrected chi connectivity index (χ4v) is 8.16. The minimum absolute atomic E-state index is 0.0199. The van der Waals surface area contributed by atoms with Crippen LogP contribution in [-0.4, -0.2) is 33.7 Å². The second-order valence-electron chi connectivity index (χ2n) is 12.7. The number of carbonyl (C=O) groups excluding carboxylic acids is 1. The highest BCUT2D eigenvalue weighted by molar-refractivity contribution is 7.13. The summed E-state index contributed by atoms with van der Waals surface area (Å²) < 4.78 is 26.8. The highest BCUT2D eigenvalue weighted by atomic mass is 32.1. The molecule has 0 aromatic carbocycles. The molecule has 0 amide bonds. The number of hydrogen-bond donors (Lipinski definition) is 0. The van der Waals surface area contributed by atoms with E-state index in [-0.39, 0.29) is 23.0 Å². The van der Waals surface area contributed by atoms with E-state index in [1.54, 1.807) is 0 Å². The summed E-state index contributed by atoms with van der Waals surface area (Å²) in [5.41, 5.74) is 0.299. The smallest absolute Gasteiger partial charge is 0.348 e. The minimum atomic E-state index is -1.88. The van der Waals surface area contributed by atoms with Gasteiger partial charge >= 0.3 is 5.97 Å². The van der Waals surface area contributed by atoms with Crippen molar-refractivity contribution in [2.45, 2.75) is 122 Å². The van der Waals surface area contributed by atoms with Gasteiger partial charge in [0.1, 0.15) is 11.0 Å². The van der Waals surface area contributed by atoms with Crippen molar-refractivity contribution in [3.8, 4) is 0 Å². The molecule has 1 aromatic heterocycles. The molecular formula is C30H49FO3SSi. The van der Waals surface area contributed by atoms with E-state index in [1.807, 2.05) is 12.1 Å². The number of thiophene rings is 1. The molecule has 3 nitrogen and oxygen atoms in total. The van der Waals surface area contributed by atoms with Crippen molar-refractivity contribution in [3.05, 3.63) is 34.0 Å². The van der Waals surface area contributed by atoms with Crippen LogP contribution in [0.2, 0.25) is 18.1 Å². The van der Waals surface area contributed by atoms with Gasteiger partial charge < -0.3 is 9.16 Å². The predicted octanol–water partition coefficient (Wildman–Crippen LogP) is 9.14. The third kappa shape index (κ3) is 6.90. The number of halogens is 1. The zero-order valence-electron chi connectivity index (χ0n) is 23.7. The summed E-state index contributed by atoms with van der Waals surface area (Å²) in [6.07, 6.45) is 14.5. The Hall–Kier alpha value is -0.983. The number of allylic oxidation sites excluding steroid dienone is 1. The van der Waals surface area contributed by atoms with Crippen molar-refractivity contribution in [1.82, 2.24) is 0 Å². The maximum Gasteiger partial charge on any atom is 0.348 e. The average Bonchev–Trinajstić information content (AvgIpc) is 3.39. The summed E-state index contributed by atoms with van der Waals surface area (Å²) in [6, 6.07) is 3.87. The van der Waals surface area contributed by atoms with Gasteiger partial charge in [0.25, 0.3) is 0 Å². The quantitative estimate of drug-likeness (QED) is 0.152. The third-order valence-corrected chi connectivity index (χ3v) is 15.1. The van der Waals surface area contributed by atoms with Gasteiger partial charge in [0.15, 0.2) is 8.32 Å². The van der Waals surface area contributed by atoms with Crippen molar-refractivity contribution < 1.29 is 18.3 Å². The highest BCUT2D eigenvalue weighted by Gasteiger charge is 2.47. The molecule has 2 fully saturated rings. The molecule has 1 aromatic rings. The van der Waals surface area contributed by atoms with E-state index in [0.29, 0.717) is 22.6 Å². The molecule has 0 radical (unpaired) electrons. The highest BCUT2D eigenvalue weighted by Crippen LogP contribution is 2.51. The number of methoxy groups -OCH3 is 1. The van der Waals surface area contributed by atoms with Crippen LogP contribution in [0.4, 0.5) is 4.39 Å².